The zero-order chi connectivity index (χ0) is 18.7. The predicted octanol–water partition coefficient (Wildman–Crippen LogP) is 4.46. The third kappa shape index (κ3) is 4.05. The zero-order valence-corrected chi connectivity index (χ0v) is 16.1. The molecule has 7 nitrogen and oxygen atoms in total. The number of carbonyl (C=O) groups is 2. The third-order valence-electron chi connectivity index (χ3n) is 3.50. The number of hydrogen-bond acceptors (Lipinski definition) is 6. The van der Waals surface area contributed by atoms with Gasteiger partial charge in [0, 0.05) is 16.5 Å². The number of amides is 1. The van der Waals surface area contributed by atoms with Crippen LogP contribution < -0.4 is 5.32 Å². The van der Waals surface area contributed by atoms with Gasteiger partial charge in [-0.15, -0.1) is 11.3 Å². The number of nitrogens with one attached hydrogen (secondary N) is 1. The van der Waals surface area contributed by atoms with Crippen LogP contribution >= 0.6 is 27.3 Å². The Hall–Kier alpha value is -2.26. The van der Waals surface area contributed by atoms with Gasteiger partial charge in [0.15, 0.2) is 0 Å². The third-order valence-corrected chi connectivity index (χ3v) is 5.29. The van der Waals surface area contributed by atoms with E-state index in [0.29, 0.717) is 10.6 Å². The van der Waals surface area contributed by atoms with E-state index in [2.05, 4.69) is 21.2 Å². The predicted molar refractivity (Wildman–Crippen MR) is 98.5 cm³/mol. The van der Waals surface area contributed by atoms with E-state index in [4.69, 9.17) is 4.74 Å². The normalized spacial score (nSPS) is 10.4. The summed E-state index contributed by atoms with van der Waals surface area (Å²) < 4.78 is 5.32. The Kier molecular flexibility index (Phi) is 5.91. The Labute approximate surface area is 156 Å². The molecular formula is C16H15BrN2O5S. The number of benzene rings is 1. The number of nitro groups is 1. The molecule has 0 bridgehead atoms. The van der Waals surface area contributed by atoms with Gasteiger partial charge in [0.2, 0.25) is 0 Å². The van der Waals surface area contributed by atoms with Gasteiger partial charge < -0.3 is 10.1 Å². The summed E-state index contributed by atoms with van der Waals surface area (Å²) >= 11 is 4.33. The lowest BCUT2D eigenvalue weighted by molar-refractivity contribution is -0.385. The lowest BCUT2D eigenvalue weighted by Gasteiger charge is -2.07. The first-order valence-electron chi connectivity index (χ1n) is 7.28. The van der Waals surface area contributed by atoms with Gasteiger partial charge in [-0.25, -0.2) is 4.79 Å². The van der Waals surface area contributed by atoms with E-state index in [0.717, 1.165) is 10.4 Å². The number of nitrogens with zero attached hydrogens (tertiary/aromatic N) is 1. The van der Waals surface area contributed by atoms with Crippen LogP contribution in [0.2, 0.25) is 0 Å². The molecule has 0 atom stereocenters. The quantitative estimate of drug-likeness (QED) is 0.432. The Morgan fingerprint density at radius 3 is 2.64 bits per heavy atom. The first-order valence-corrected chi connectivity index (χ1v) is 8.89. The van der Waals surface area contributed by atoms with Gasteiger partial charge >= 0.3 is 5.97 Å². The number of aryl methyl sites for hydroxylation is 1. The van der Waals surface area contributed by atoms with Crippen molar-refractivity contribution in [2.75, 3.05) is 11.9 Å². The second-order valence-corrected chi connectivity index (χ2v) is 7.16. The summed E-state index contributed by atoms with van der Waals surface area (Å²) in [5.41, 5.74) is 0.954. The monoisotopic (exact) mass is 426 g/mol. The Bertz CT molecular complexity index is 862. The number of ether oxygens (including phenoxy) is 1. The summed E-state index contributed by atoms with van der Waals surface area (Å²) in [4.78, 5) is 35.9. The van der Waals surface area contributed by atoms with Crippen LogP contribution in [0.1, 0.15) is 38.1 Å². The van der Waals surface area contributed by atoms with Crippen LogP contribution in [0.15, 0.2) is 22.7 Å². The molecule has 2 aromatic rings. The van der Waals surface area contributed by atoms with Gasteiger partial charge in [0.1, 0.15) is 5.00 Å². The maximum Gasteiger partial charge on any atom is 0.341 e. The number of thiophene rings is 1. The van der Waals surface area contributed by atoms with Gasteiger partial charge in [-0.2, -0.15) is 0 Å². The number of nitro benzene ring substituents is 1. The highest BCUT2D eigenvalue weighted by atomic mass is 79.9. The van der Waals surface area contributed by atoms with Crippen LogP contribution in [0.25, 0.3) is 0 Å². The van der Waals surface area contributed by atoms with Crippen molar-refractivity contribution in [3.05, 3.63) is 54.4 Å². The van der Waals surface area contributed by atoms with E-state index in [1.165, 1.54) is 29.5 Å². The average molecular weight is 427 g/mol. The summed E-state index contributed by atoms with van der Waals surface area (Å²) in [5, 5.41) is 14.0. The molecule has 0 aliphatic rings. The molecule has 1 aromatic carbocycles. The lowest BCUT2D eigenvalue weighted by atomic mass is 10.1. The van der Waals surface area contributed by atoms with Gasteiger partial charge in [-0.05, 0) is 54.4 Å². The molecule has 1 heterocycles. The van der Waals surface area contributed by atoms with Crippen molar-refractivity contribution in [3.63, 3.8) is 0 Å². The van der Waals surface area contributed by atoms with E-state index in [9.17, 15) is 19.7 Å². The molecule has 0 saturated heterocycles. The number of hydrogen-bond donors (Lipinski definition) is 1. The van der Waals surface area contributed by atoms with Crippen molar-refractivity contribution in [2.24, 2.45) is 0 Å². The number of halogens is 1. The van der Waals surface area contributed by atoms with Crippen molar-refractivity contribution in [1.29, 1.82) is 0 Å². The minimum atomic E-state index is -0.579. The molecule has 1 aromatic heterocycles. The molecule has 9 heteroatoms. The molecule has 0 spiro atoms. The Balaban J connectivity index is 2.36. The van der Waals surface area contributed by atoms with Crippen molar-refractivity contribution in [2.45, 2.75) is 20.8 Å². The maximum absolute atomic E-state index is 12.5. The van der Waals surface area contributed by atoms with E-state index in [-0.39, 0.29) is 22.3 Å². The Morgan fingerprint density at radius 1 is 1.36 bits per heavy atom. The molecule has 1 N–H and O–H groups in total. The summed E-state index contributed by atoms with van der Waals surface area (Å²) in [5.74, 6) is -1.05. The molecule has 2 rings (SSSR count). The smallest absolute Gasteiger partial charge is 0.341 e. The second kappa shape index (κ2) is 7.75. The van der Waals surface area contributed by atoms with Crippen LogP contribution in [0.5, 0.6) is 0 Å². The summed E-state index contributed by atoms with van der Waals surface area (Å²) in [7, 11) is 0. The fourth-order valence-electron chi connectivity index (χ4n) is 2.13. The van der Waals surface area contributed by atoms with E-state index >= 15 is 0 Å². The van der Waals surface area contributed by atoms with Crippen LogP contribution in [-0.2, 0) is 4.74 Å². The van der Waals surface area contributed by atoms with Crippen molar-refractivity contribution < 1.29 is 19.2 Å². The molecular weight excluding hydrogens is 412 g/mol. The van der Waals surface area contributed by atoms with Crippen molar-refractivity contribution >= 4 is 49.8 Å². The average Bonchev–Trinajstić information content (AvgIpc) is 2.81. The topological polar surface area (TPSA) is 98.5 Å². The van der Waals surface area contributed by atoms with Crippen molar-refractivity contribution in [3.8, 4) is 0 Å². The fourth-order valence-corrected chi connectivity index (χ4v) is 3.57. The van der Waals surface area contributed by atoms with Gasteiger partial charge in [0.05, 0.1) is 21.6 Å². The number of anilines is 1. The molecule has 0 saturated carbocycles. The minimum absolute atomic E-state index is 0.119. The Morgan fingerprint density at radius 2 is 2.04 bits per heavy atom. The summed E-state index contributed by atoms with van der Waals surface area (Å²) in [6.45, 7) is 5.53. The molecule has 25 heavy (non-hydrogen) atoms. The first-order chi connectivity index (χ1) is 11.8. The highest BCUT2D eigenvalue weighted by molar-refractivity contribution is 9.10. The largest absolute Gasteiger partial charge is 0.462 e. The standard InChI is InChI=1S/C16H15BrN2O5S/c1-4-24-16(21)13-8(2)9(3)25-15(13)18-14(20)10-5-6-11(17)12(7-10)19(22)23/h5-7H,4H2,1-3H3,(H,18,20). The first kappa shape index (κ1) is 19.1. The van der Waals surface area contributed by atoms with Gasteiger partial charge in [-0.3, -0.25) is 14.9 Å². The highest BCUT2D eigenvalue weighted by Gasteiger charge is 2.23. The fraction of sp³-hybridized carbons (Fsp3) is 0.250. The van der Waals surface area contributed by atoms with Crippen molar-refractivity contribution in [1.82, 2.24) is 0 Å². The molecule has 0 fully saturated rings. The lowest BCUT2D eigenvalue weighted by Crippen LogP contribution is -2.15. The minimum Gasteiger partial charge on any atom is -0.462 e. The number of carbonyl (C=O) groups excluding carboxylic acids is 2. The summed E-state index contributed by atoms with van der Waals surface area (Å²) in [6.07, 6.45) is 0. The number of rotatable bonds is 5. The zero-order valence-electron chi connectivity index (χ0n) is 13.7. The van der Waals surface area contributed by atoms with E-state index in [1.54, 1.807) is 13.8 Å². The molecule has 132 valence electrons. The highest BCUT2D eigenvalue weighted by Crippen LogP contribution is 2.34. The molecule has 0 unspecified atom stereocenters. The van der Waals surface area contributed by atoms with Gasteiger partial charge in [0.25, 0.3) is 11.6 Å². The number of esters is 1. The maximum atomic E-state index is 12.5. The molecule has 0 aliphatic carbocycles. The van der Waals surface area contributed by atoms with Crippen LogP contribution in [-0.4, -0.2) is 23.4 Å². The van der Waals surface area contributed by atoms with Crippen LogP contribution in [0.3, 0.4) is 0 Å². The van der Waals surface area contributed by atoms with Gasteiger partial charge in [-0.1, -0.05) is 0 Å². The molecule has 0 aliphatic heterocycles. The molecule has 1 amide bonds. The SMILES string of the molecule is CCOC(=O)c1c(NC(=O)c2ccc(Br)c([N+](=O)[O-])c2)sc(C)c1C. The summed E-state index contributed by atoms with van der Waals surface area (Å²) in [6, 6.07) is 4.07. The molecule has 0 radical (unpaired) electrons. The second-order valence-electron chi connectivity index (χ2n) is 5.09. The van der Waals surface area contributed by atoms with E-state index < -0.39 is 16.8 Å². The van der Waals surface area contributed by atoms with E-state index in [1.807, 2.05) is 6.92 Å². The van der Waals surface area contributed by atoms with Crippen LogP contribution in [0.4, 0.5) is 10.7 Å². The van der Waals surface area contributed by atoms with Crippen LogP contribution in [0, 0.1) is 24.0 Å².